The van der Waals surface area contributed by atoms with E-state index in [4.69, 9.17) is 4.74 Å². The number of carbonyl (C=O) groups excluding carboxylic acids is 2. The van der Waals surface area contributed by atoms with Crippen molar-refractivity contribution in [3.05, 3.63) is 66.0 Å². The van der Waals surface area contributed by atoms with E-state index in [1.807, 2.05) is 0 Å². The minimum Gasteiger partial charge on any atom is -0.469 e. The van der Waals surface area contributed by atoms with Gasteiger partial charge in [-0.2, -0.15) is 4.31 Å². The molecule has 2 atom stereocenters. The van der Waals surface area contributed by atoms with Crippen LogP contribution in [-0.2, 0) is 24.3 Å². The molecular formula is C22H25FN2O5S. The van der Waals surface area contributed by atoms with Gasteiger partial charge in [-0.15, -0.1) is 0 Å². The Balaban J connectivity index is 1.74. The Morgan fingerprint density at radius 3 is 2.48 bits per heavy atom. The summed E-state index contributed by atoms with van der Waals surface area (Å²) in [7, 11) is -2.45. The molecule has 1 fully saturated rings. The summed E-state index contributed by atoms with van der Waals surface area (Å²) in [6, 6.07) is 12.9. The molecule has 1 heterocycles. The second-order valence-electron chi connectivity index (χ2n) is 7.41. The Labute approximate surface area is 181 Å². The van der Waals surface area contributed by atoms with Crippen LogP contribution in [0.3, 0.4) is 0 Å². The number of sulfonamides is 1. The number of methoxy groups -OCH3 is 1. The lowest BCUT2D eigenvalue weighted by molar-refractivity contribution is -0.141. The molecule has 9 heteroatoms. The molecule has 1 aliphatic rings. The molecule has 0 radical (unpaired) electrons. The Morgan fingerprint density at radius 2 is 1.84 bits per heavy atom. The van der Waals surface area contributed by atoms with E-state index in [0.717, 1.165) is 0 Å². The molecule has 2 aromatic rings. The van der Waals surface area contributed by atoms with E-state index in [1.54, 1.807) is 18.2 Å². The van der Waals surface area contributed by atoms with Crippen molar-refractivity contribution in [1.29, 1.82) is 0 Å². The maximum atomic E-state index is 13.3. The van der Waals surface area contributed by atoms with Crippen molar-refractivity contribution in [2.75, 3.05) is 20.2 Å². The summed E-state index contributed by atoms with van der Waals surface area (Å²) in [5.74, 6) is -1.87. The average molecular weight is 449 g/mol. The molecule has 0 saturated carbocycles. The molecule has 3 rings (SSSR count). The number of hydrogen-bond acceptors (Lipinski definition) is 5. The monoisotopic (exact) mass is 448 g/mol. The van der Waals surface area contributed by atoms with Crippen molar-refractivity contribution in [2.24, 2.45) is 5.92 Å². The van der Waals surface area contributed by atoms with E-state index in [9.17, 15) is 22.4 Å². The largest absolute Gasteiger partial charge is 0.469 e. The van der Waals surface area contributed by atoms with Gasteiger partial charge in [-0.1, -0.05) is 30.3 Å². The summed E-state index contributed by atoms with van der Waals surface area (Å²) in [6.45, 7) is 0.391. The molecule has 31 heavy (non-hydrogen) atoms. The topological polar surface area (TPSA) is 92.8 Å². The molecule has 0 aliphatic carbocycles. The summed E-state index contributed by atoms with van der Waals surface area (Å²) in [5.41, 5.74) is 0.560. The molecule has 0 spiro atoms. The standard InChI is InChI=1S/C22H25FN2O5S/c1-30-21(26)14-20(16-9-11-18(23)12-10-16)24-22(27)17-6-5-13-25(15-17)31(28,29)19-7-3-2-4-8-19/h2-4,7-12,17,20H,5-6,13-15H2,1H3,(H,24,27). The van der Waals surface area contributed by atoms with Crippen LogP contribution >= 0.6 is 0 Å². The first-order chi connectivity index (χ1) is 14.8. The van der Waals surface area contributed by atoms with Crippen molar-refractivity contribution in [2.45, 2.75) is 30.2 Å². The van der Waals surface area contributed by atoms with Crippen LogP contribution < -0.4 is 5.32 Å². The van der Waals surface area contributed by atoms with Gasteiger partial charge in [0.05, 0.1) is 30.4 Å². The van der Waals surface area contributed by atoms with Gasteiger partial charge in [-0.25, -0.2) is 12.8 Å². The zero-order valence-corrected chi connectivity index (χ0v) is 18.0. The number of nitrogens with zero attached hydrogens (tertiary/aromatic N) is 1. The number of esters is 1. The lowest BCUT2D eigenvalue weighted by Crippen LogP contribution is -2.46. The highest BCUT2D eigenvalue weighted by Crippen LogP contribution is 2.25. The highest BCUT2D eigenvalue weighted by Gasteiger charge is 2.34. The van der Waals surface area contributed by atoms with Crippen LogP contribution in [0.4, 0.5) is 4.39 Å². The number of hydrogen-bond donors (Lipinski definition) is 1. The molecule has 1 amide bonds. The van der Waals surface area contributed by atoms with Crippen molar-refractivity contribution < 1.29 is 27.1 Å². The zero-order valence-electron chi connectivity index (χ0n) is 17.2. The fraction of sp³-hybridized carbons (Fsp3) is 0.364. The van der Waals surface area contributed by atoms with Crippen LogP contribution in [0.1, 0.15) is 30.9 Å². The fourth-order valence-electron chi connectivity index (χ4n) is 3.60. The number of nitrogens with one attached hydrogen (secondary N) is 1. The van der Waals surface area contributed by atoms with Crippen LogP contribution in [0.5, 0.6) is 0 Å². The van der Waals surface area contributed by atoms with E-state index in [1.165, 1.54) is 47.8 Å². The van der Waals surface area contributed by atoms with Gasteiger partial charge < -0.3 is 10.1 Å². The minimum atomic E-state index is -3.70. The van der Waals surface area contributed by atoms with Gasteiger partial charge in [0, 0.05) is 13.1 Å². The number of benzene rings is 2. The predicted octanol–water partition coefficient (Wildman–Crippen LogP) is 2.65. The predicted molar refractivity (Wildman–Crippen MR) is 112 cm³/mol. The van der Waals surface area contributed by atoms with Gasteiger partial charge in [0.1, 0.15) is 5.82 Å². The highest BCUT2D eigenvalue weighted by atomic mass is 32.2. The molecule has 0 aromatic heterocycles. The van der Waals surface area contributed by atoms with Crippen LogP contribution in [0.2, 0.25) is 0 Å². The summed E-state index contributed by atoms with van der Waals surface area (Å²) >= 11 is 0. The fourth-order valence-corrected chi connectivity index (χ4v) is 5.15. The molecule has 1 N–H and O–H groups in total. The lowest BCUT2D eigenvalue weighted by Gasteiger charge is -2.32. The summed E-state index contributed by atoms with van der Waals surface area (Å²) < 4.78 is 45.1. The van der Waals surface area contributed by atoms with Crippen LogP contribution in [0.25, 0.3) is 0 Å². The minimum absolute atomic E-state index is 0.0530. The number of rotatable bonds is 7. The summed E-state index contributed by atoms with van der Waals surface area (Å²) in [6.07, 6.45) is 0.954. The number of halogens is 1. The van der Waals surface area contributed by atoms with Crippen LogP contribution in [-0.4, -0.2) is 44.8 Å². The Kier molecular flexibility index (Phi) is 7.40. The average Bonchev–Trinajstić information content (AvgIpc) is 2.79. The van der Waals surface area contributed by atoms with Crippen molar-refractivity contribution in [3.8, 4) is 0 Å². The smallest absolute Gasteiger partial charge is 0.307 e. The molecule has 2 aromatic carbocycles. The number of carbonyl (C=O) groups is 2. The second-order valence-corrected chi connectivity index (χ2v) is 9.35. The third kappa shape index (κ3) is 5.68. The summed E-state index contributed by atoms with van der Waals surface area (Å²) in [4.78, 5) is 25.0. The molecule has 2 unspecified atom stereocenters. The number of ether oxygens (including phenoxy) is 1. The molecule has 7 nitrogen and oxygen atoms in total. The van der Waals surface area contributed by atoms with Gasteiger partial charge in [-0.3, -0.25) is 9.59 Å². The normalized spacial score (nSPS) is 18.2. The first-order valence-electron chi connectivity index (χ1n) is 9.99. The van der Waals surface area contributed by atoms with E-state index >= 15 is 0 Å². The van der Waals surface area contributed by atoms with Crippen molar-refractivity contribution >= 4 is 21.9 Å². The molecule has 1 saturated heterocycles. The molecular weight excluding hydrogens is 423 g/mol. The highest BCUT2D eigenvalue weighted by molar-refractivity contribution is 7.89. The SMILES string of the molecule is COC(=O)CC(NC(=O)C1CCCN(S(=O)(=O)c2ccccc2)C1)c1ccc(F)cc1. The molecule has 166 valence electrons. The van der Waals surface area contributed by atoms with Gasteiger partial charge in [0.2, 0.25) is 15.9 Å². The maximum absolute atomic E-state index is 13.3. The van der Waals surface area contributed by atoms with Crippen LogP contribution in [0.15, 0.2) is 59.5 Å². The first-order valence-corrected chi connectivity index (χ1v) is 11.4. The van der Waals surface area contributed by atoms with E-state index in [0.29, 0.717) is 24.9 Å². The quantitative estimate of drug-likeness (QED) is 0.658. The van der Waals surface area contributed by atoms with Crippen molar-refractivity contribution in [3.63, 3.8) is 0 Å². The van der Waals surface area contributed by atoms with Gasteiger partial charge in [-0.05, 0) is 42.7 Å². The second kappa shape index (κ2) is 10.0. The third-order valence-corrected chi connectivity index (χ3v) is 7.20. The zero-order chi connectivity index (χ0) is 22.4. The van der Waals surface area contributed by atoms with Gasteiger partial charge in [0.25, 0.3) is 0 Å². The number of amides is 1. The lowest BCUT2D eigenvalue weighted by atomic mass is 9.97. The third-order valence-electron chi connectivity index (χ3n) is 5.32. The summed E-state index contributed by atoms with van der Waals surface area (Å²) in [5, 5.41) is 2.82. The molecule has 0 bridgehead atoms. The first kappa shape index (κ1) is 22.9. The maximum Gasteiger partial charge on any atom is 0.307 e. The molecule has 1 aliphatic heterocycles. The number of piperidine rings is 1. The Bertz CT molecular complexity index is 1010. The van der Waals surface area contributed by atoms with E-state index < -0.39 is 33.8 Å². The van der Waals surface area contributed by atoms with E-state index in [-0.39, 0.29) is 23.8 Å². The van der Waals surface area contributed by atoms with Crippen LogP contribution in [0, 0.1) is 11.7 Å². The van der Waals surface area contributed by atoms with Gasteiger partial charge in [0.15, 0.2) is 0 Å². The Hall–Kier alpha value is -2.78. The Morgan fingerprint density at radius 1 is 1.16 bits per heavy atom. The van der Waals surface area contributed by atoms with E-state index in [2.05, 4.69) is 5.32 Å². The van der Waals surface area contributed by atoms with Gasteiger partial charge >= 0.3 is 5.97 Å². The van der Waals surface area contributed by atoms with Crippen molar-refractivity contribution in [1.82, 2.24) is 9.62 Å².